The normalized spacial score (nSPS) is 26.0. The summed E-state index contributed by atoms with van der Waals surface area (Å²) in [5, 5.41) is 0. The molecule has 0 heterocycles. The molecule has 56 valence electrons. The van der Waals surface area contributed by atoms with E-state index in [-0.39, 0.29) is 4.09 Å². The molecule has 1 unspecified atom stereocenters. The van der Waals surface area contributed by atoms with Gasteiger partial charge < -0.3 is 0 Å². The van der Waals surface area contributed by atoms with E-state index in [1.54, 1.807) is 0 Å². The third-order valence-corrected chi connectivity index (χ3v) is 2.63. The fraction of sp³-hybridized carbons (Fsp3) is 0.273. The third-order valence-electron chi connectivity index (χ3n) is 2.63. The molecule has 0 aliphatic heterocycles. The summed E-state index contributed by atoms with van der Waals surface area (Å²) in [5.74, 6) is 0. The van der Waals surface area contributed by atoms with Crippen molar-refractivity contribution in [1.82, 2.24) is 0 Å². The van der Waals surface area contributed by atoms with Gasteiger partial charge in [0.1, 0.15) is 0 Å². The van der Waals surface area contributed by atoms with Gasteiger partial charge in [0.2, 0.25) is 0 Å². The average Bonchev–Trinajstić information content (AvgIpc) is 2.29. The molecular weight excluding hydrogens is 139 g/mol. The van der Waals surface area contributed by atoms with E-state index in [0.29, 0.717) is 0 Å². The third kappa shape index (κ3) is 1.07. The maximum atomic E-state index is 2.28. The van der Waals surface area contributed by atoms with E-state index in [1.165, 1.54) is 16.7 Å². The van der Waals surface area contributed by atoms with Crippen molar-refractivity contribution < 1.29 is 0 Å². The predicted octanol–water partition coefficient (Wildman–Crippen LogP) is 2.41. The molecular formula is C11H11Li. The van der Waals surface area contributed by atoms with Crippen molar-refractivity contribution in [2.75, 3.05) is 0 Å². The Balaban J connectivity index is 2.70. The molecule has 0 N–H and O–H groups in total. The van der Waals surface area contributed by atoms with E-state index >= 15 is 0 Å². The summed E-state index contributed by atoms with van der Waals surface area (Å²) >= 11 is 2.27. The summed E-state index contributed by atoms with van der Waals surface area (Å²) in [6.07, 6.45) is 4.51. The Kier molecular flexibility index (Phi) is 1.72. The topological polar surface area (TPSA) is 0 Å². The van der Waals surface area contributed by atoms with Crippen LogP contribution < -0.4 is 0 Å². The second kappa shape index (κ2) is 2.52. The van der Waals surface area contributed by atoms with Crippen LogP contribution in [0.15, 0.2) is 24.3 Å². The first-order valence-corrected chi connectivity index (χ1v) is 4.40. The molecule has 1 aromatic carbocycles. The Morgan fingerprint density at radius 1 is 1.33 bits per heavy atom. The van der Waals surface area contributed by atoms with Gasteiger partial charge in [0.05, 0.1) is 0 Å². The predicted molar refractivity (Wildman–Crippen MR) is 53.3 cm³/mol. The molecule has 1 aliphatic rings. The molecule has 0 spiro atoms. The van der Waals surface area contributed by atoms with Crippen molar-refractivity contribution in [2.45, 2.75) is 17.9 Å². The first kappa shape index (κ1) is 8.17. The fourth-order valence-corrected chi connectivity index (χ4v) is 2.09. The number of aryl methyl sites for hydroxylation is 1. The second-order valence-electron chi connectivity index (χ2n) is 4.09. The summed E-state index contributed by atoms with van der Waals surface area (Å²) in [5.41, 5.74) is 4.28. The summed E-state index contributed by atoms with van der Waals surface area (Å²) in [7, 11) is 0. The molecule has 0 aromatic heterocycles. The van der Waals surface area contributed by atoms with E-state index in [1.807, 2.05) is 0 Å². The minimum absolute atomic E-state index is 0.237. The van der Waals surface area contributed by atoms with Crippen LogP contribution in [0.4, 0.5) is 0 Å². The zero-order valence-electron chi connectivity index (χ0n) is 7.89. The summed E-state index contributed by atoms with van der Waals surface area (Å²) in [4.78, 5) is 0. The van der Waals surface area contributed by atoms with Crippen LogP contribution in [0, 0.1) is 6.92 Å². The summed E-state index contributed by atoms with van der Waals surface area (Å²) in [6.45, 7) is 4.45. The van der Waals surface area contributed by atoms with E-state index in [2.05, 4.69) is 61.9 Å². The Labute approximate surface area is 82.9 Å². The number of allylic oxidation sites excluding steroid dienone is 1. The number of hydrogen-bond donors (Lipinski definition) is 0. The molecule has 1 aromatic rings. The molecule has 1 aliphatic carbocycles. The van der Waals surface area contributed by atoms with Crippen LogP contribution in [0.2, 0.25) is 0 Å². The van der Waals surface area contributed by atoms with Gasteiger partial charge in [-0.3, -0.25) is 0 Å². The van der Waals surface area contributed by atoms with Gasteiger partial charge in [-0.05, 0) is 0 Å². The van der Waals surface area contributed by atoms with Crippen molar-refractivity contribution in [3.8, 4) is 0 Å². The van der Waals surface area contributed by atoms with Crippen LogP contribution in [0.1, 0.15) is 23.6 Å². The zero-order chi connectivity index (χ0) is 8.77. The van der Waals surface area contributed by atoms with Crippen LogP contribution in [0.3, 0.4) is 0 Å². The zero-order valence-corrected chi connectivity index (χ0v) is 7.89. The van der Waals surface area contributed by atoms with Crippen LogP contribution >= 0.6 is 0 Å². The van der Waals surface area contributed by atoms with Gasteiger partial charge in [0, 0.05) is 0 Å². The Morgan fingerprint density at radius 3 is 2.75 bits per heavy atom. The average molecular weight is 150 g/mol. The fourth-order valence-electron chi connectivity index (χ4n) is 2.09. The number of hydrogen-bond acceptors (Lipinski definition) is 0. The van der Waals surface area contributed by atoms with Crippen LogP contribution in [0.25, 0.3) is 6.08 Å². The quantitative estimate of drug-likeness (QED) is 0.498. The van der Waals surface area contributed by atoms with Gasteiger partial charge in [-0.2, -0.15) is 0 Å². The molecule has 1 heteroatoms. The van der Waals surface area contributed by atoms with Crippen molar-refractivity contribution in [3.05, 3.63) is 41.0 Å². The van der Waals surface area contributed by atoms with Crippen molar-refractivity contribution >= 4 is 23.8 Å². The van der Waals surface area contributed by atoms with Gasteiger partial charge in [0.25, 0.3) is 0 Å². The number of benzene rings is 1. The van der Waals surface area contributed by atoms with E-state index in [4.69, 9.17) is 0 Å². The molecule has 12 heavy (non-hydrogen) atoms. The molecule has 0 saturated heterocycles. The Hall–Kier alpha value is -0.443. The monoisotopic (exact) mass is 150 g/mol. The molecule has 0 amide bonds. The summed E-state index contributed by atoms with van der Waals surface area (Å²) < 4.78 is 0.237. The molecule has 0 bridgehead atoms. The molecule has 0 fully saturated rings. The second-order valence-corrected chi connectivity index (χ2v) is 4.09. The van der Waals surface area contributed by atoms with Crippen LogP contribution in [-0.2, 0) is 4.09 Å². The van der Waals surface area contributed by atoms with E-state index in [9.17, 15) is 0 Å². The Morgan fingerprint density at radius 2 is 2.08 bits per heavy atom. The molecule has 0 nitrogen and oxygen atoms in total. The van der Waals surface area contributed by atoms with Gasteiger partial charge in [-0.1, -0.05) is 0 Å². The summed E-state index contributed by atoms with van der Waals surface area (Å²) in [6, 6.07) is 6.50. The van der Waals surface area contributed by atoms with E-state index in [0.717, 1.165) is 0 Å². The molecule has 1 atom stereocenters. The van der Waals surface area contributed by atoms with Crippen LogP contribution in [-0.4, -0.2) is 17.7 Å². The SMILES string of the molecule is [Li][C]1(C)C=Cc2cccc(C)c21. The Bertz CT molecular complexity index is 348. The van der Waals surface area contributed by atoms with Gasteiger partial charge >= 0.3 is 82.7 Å². The van der Waals surface area contributed by atoms with Gasteiger partial charge in [-0.15, -0.1) is 0 Å². The first-order valence-electron chi connectivity index (χ1n) is 4.40. The van der Waals surface area contributed by atoms with Crippen LogP contribution in [0.5, 0.6) is 0 Å². The van der Waals surface area contributed by atoms with Crippen molar-refractivity contribution in [3.63, 3.8) is 0 Å². The van der Waals surface area contributed by atoms with Gasteiger partial charge in [0.15, 0.2) is 0 Å². The van der Waals surface area contributed by atoms with Crippen molar-refractivity contribution in [2.24, 2.45) is 0 Å². The maximum absolute atomic E-state index is 2.28. The first-order chi connectivity index (χ1) is 5.61. The van der Waals surface area contributed by atoms with Crippen molar-refractivity contribution in [1.29, 1.82) is 0 Å². The molecule has 0 saturated carbocycles. The van der Waals surface area contributed by atoms with E-state index < -0.39 is 0 Å². The number of rotatable bonds is 0. The molecule has 0 radical (unpaired) electrons. The van der Waals surface area contributed by atoms with Gasteiger partial charge in [-0.25, -0.2) is 0 Å². The standard InChI is InChI=1S/C11H11.Li/c1-8-4-3-5-10-7-6-9(2)11(8)10;/h3-7H,1-2H3;. The number of fused-ring (bicyclic) bond motifs is 1. The molecule has 2 rings (SSSR count). The minimum atomic E-state index is 0.237.